The summed E-state index contributed by atoms with van der Waals surface area (Å²) < 4.78 is 16.7. The van der Waals surface area contributed by atoms with Crippen LogP contribution in [0.4, 0.5) is 0 Å². The molecule has 1 aromatic heterocycles. The molecule has 2 aromatic carbocycles. The molecule has 0 spiro atoms. The zero-order valence-electron chi connectivity index (χ0n) is 17.9. The predicted molar refractivity (Wildman–Crippen MR) is 116 cm³/mol. The molecule has 31 heavy (non-hydrogen) atoms. The Morgan fingerprint density at radius 2 is 1.74 bits per heavy atom. The van der Waals surface area contributed by atoms with Gasteiger partial charge in [-0.15, -0.1) is 0 Å². The fraction of sp³-hybridized carbons (Fsp3) is 0.375. The maximum Gasteiger partial charge on any atom is 0.257 e. The number of piperidine rings is 1. The van der Waals surface area contributed by atoms with E-state index in [9.17, 15) is 4.79 Å². The Morgan fingerprint density at radius 1 is 1.03 bits per heavy atom. The first-order chi connectivity index (χ1) is 15.2. The molecule has 0 saturated carbocycles. The molecule has 7 heteroatoms. The van der Waals surface area contributed by atoms with E-state index in [1.807, 2.05) is 49.1 Å². The molecule has 1 amide bonds. The number of carbonyl (C=O) groups excluding carboxylic acids is 1. The van der Waals surface area contributed by atoms with Gasteiger partial charge in [0.05, 0.1) is 13.2 Å². The fourth-order valence-electron chi connectivity index (χ4n) is 3.81. The van der Waals surface area contributed by atoms with Crippen LogP contribution in [0.3, 0.4) is 0 Å². The van der Waals surface area contributed by atoms with Gasteiger partial charge in [0, 0.05) is 30.1 Å². The summed E-state index contributed by atoms with van der Waals surface area (Å²) in [5.74, 6) is 2.69. The Labute approximate surface area is 182 Å². The van der Waals surface area contributed by atoms with Crippen molar-refractivity contribution in [2.75, 3.05) is 26.3 Å². The Morgan fingerprint density at radius 3 is 2.45 bits per heavy atom. The lowest BCUT2D eigenvalue weighted by molar-refractivity contribution is 0.0710. The number of nitrogens with zero attached hydrogens (tertiary/aromatic N) is 3. The number of hydrogen-bond donors (Lipinski definition) is 0. The van der Waals surface area contributed by atoms with Gasteiger partial charge in [0.1, 0.15) is 0 Å². The average molecular weight is 421 g/mol. The highest BCUT2D eigenvalue weighted by Gasteiger charge is 2.28. The van der Waals surface area contributed by atoms with E-state index in [0.717, 1.165) is 18.4 Å². The largest absolute Gasteiger partial charge is 0.490 e. The van der Waals surface area contributed by atoms with Crippen LogP contribution in [0.25, 0.3) is 11.5 Å². The fourth-order valence-corrected chi connectivity index (χ4v) is 3.81. The van der Waals surface area contributed by atoms with Crippen LogP contribution in [0.2, 0.25) is 0 Å². The summed E-state index contributed by atoms with van der Waals surface area (Å²) >= 11 is 0. The van der Waals surface area contributed by atoms with Crippen LogP contribution in [0.5, 0.6) is 11.5 Å². The first-order valence-corrected chi connectivity index (χ1v) is 10.8. The first kappa shape index (κ1) is 20.9. The van der Waals surface area contributed by atoms with E-state index >= 15 is 0 Å². The highest BCUT2D eigenvalue weighted by Crippen LogP contribution is 2.31. The van der Waals surface area contributed by atoms with Crippen LogP contribution < -0.4 is 9.47 Å². The number of likely N-dealkylation sites (tertiary alicyclic amines) is 1. The third-order valence-corrected chi connectivity index (χ3v) is 5.40. The predicted octanol–water partition coefficient (Wildman–Crippen LogP) is 4.55. The van der Waals surface area contributed by atoms with E-state index in [-0.39, 0.29) is 11.8 Å². The monoisotopic (exact) mass is 421 g/mol. The molecule has 0 N–H and O–H groups in total. The molecular formula is C24H27N3O4. The lowest BCUT2D eigenvalue weighted by atomic mass is 9.95. The van der Waals surface area contributed by atoms with Gasteiger partial charge in [-0.3, -0.25) is 4.79 Å². The third kappa shape index (κ3) is 4.71. The molecule has 1 fully saturated rings. The number of hydrogen-bond acceptors (Lipinski definition) is 6. The molecule has 1 aliphatic rings. The van der Waals surface area contributed by atoms with Gasteiger partial charge in [-0.1, -0.05) is 23.4 Å². The maximum absolute atomic E-state index is 13.0. The average Bonchev–Trinajstić information content (AvgIpc) is 3.31. The van der Waals surface area contributed by atoms with E-state index in [1.165, 1.54) is 0 Å². The third-order valence-electron chi connectivity index (χ3n) is 5.40. The van der Waals surface area contributed by atoms with Crippen LogP contribution in [0.1, 0.15) is 48.8 Å². The van der Waals surface area contributed by atoms with Crippen LogP contribution in [0.15, 0.2) is 53.1 Å². The quantitative estimate of drug-likeness (QED) is 0.557. The molecule has 7 nitrogen and oxygen atoms in total. The van der Waals surface area contributed by atoms with Crippen molar-refractivity contribution < 1.29 is 18.8 Å². The maximum atomic E-state index is 13.0. The van der Waals surface area contributed by atoms with Gasteiger partial charge in [-0.2, -0.15) is 4.98 Å². The van der Waals surface area contributed by atoms with Gasteiger partial charge in [0.2, 0.25) is 0 Å². The van der Waals surface area contributed by atoms with E-state index in [1.54, 1.807) is 18.2 Å². The molecule has 3 aromatic rings. The van der Waals surface area contributed by atoms with Gasteiger partial charge in [0.15, 0.2) is 17.3 Å². The summed E-state index contributed by atoms with van der Waals surface area (Å²) in [5, 5.41) is 4.18. The summed E-state index contributed by atoms with van der Waals surface area (Å²) in [4.78, 5) is 19.5. The van der Waals surface area contributed by atoms with Crippen molar-refractivity contribution in [2.45, 2.75) is 32.6 Å². The summed E-state index contributed by atoms with van der Waals surface area (Å²) in [6.07, 6.45) is 1.60. The Balaban J connectivity index is 1.40. The highest BCUT2D eigenvalue weighted by atomic mass is 16.5. The normalized spacial score (nSPS) is 14.5. The number of benzene rings is 2. The van der Waals surface area contributed by atoms with E-state index in [0.29, 0.717) is 55.1 Å². The minimum atomic E-state index is 0.000498. The van der Waals surface area contributed by atoms with Gasteiger partial charge in [-0.25, -0.2) is 0 Å². The SMILES string of the molecule is CCOc1ccc(C(=O)N2CCC(c3noc(-c4ccccc4)n3)CC2)cc1OCC. The molecule has 1 aliphatic heterocycles. The summed E-state index contributed by atoms with van der Waals surface area (Å²) in [6.45, 7) is 6.19. The molecule has 4 rings (SSSR count). The Kier molecular flexibility index (Phi) is 6.50. The minimum Gasteiger partial charge on any atom is -0.490 e. The lowest BCUT2D eigenvalue weighted by Crippen LogP contribution is -2.38. The second-order valence-corrected chi connectivity index (χ2v) is 7.42. The molecule has 1 saturated heterocycles. The second kappa shape index (κ2) is 9.64. The van der Waals surface area contributed by atoms with Crippen molar-refractivity contribution in [1.82, 2.24) is 15.0 Å². The topological polar surface area (TPSA) is 77.7 Å². The number of rotatable bonds is 7. The summed E-state index contributed by atoms with van der Waals surface area (Å²) in [7, 11) is 0. The van der Waals surface area contributed by atoms with Gasteiger partial charge < -0.3 is 18.9 Å². The van der Waals surface area contributed by atoms with E-state index < -0.39 is 0 Å². The molecule has 0 radical (unpaired) electrons. The molecule has 0 bridgehead atoms. The van der Waals surface area contributed by atoms with Crippen molar-refractivity contribution in [3.8, 4) is 23.0 Å². The Bertz CT molecular complexity index is 1010. The molecule has 0 aliphatic carbocycles. The van der Waals surface area contributed by atoms with E-state index in [4.69, 9.17) is 14.0 Å². The summed E-state index contributed by atoms with van der Waals surface area (Å²) in [6, 6.07) is 15.1. The summed E-state index contributed by atoms with van der Waals surface area (Å²) in [5.41, 5.74) is 1.52. The molecular weight excluding hydrogens is 394 g/mol. The zero-order chi connectivity index (χ0) is 21.6. The molecule has 0 atom stereocenters. The highest BCUT2D eigenvalue weighted by molar-refractivity contribution is 5.95. The van der Waals surface area contributed by atoms with Gasteiger partial charge in [-0.05, 0) is 57.0 Å². The number of ether oxygens (including phenoxy) is 2. The van der Waals surface area contributed by atoms with Crippen LogP contribution in [0, 0.1) is 0 Å². The number of aromatic nitrogens is 2. The van der Waals surface area contributed by atoms with E-state index in [2.05, 4.69) is 10.1 Å². The number of amides is 1. The second-order valence-electron chi connectivity index (χ2n) is 7.42. The van der Waals surface area contributed by atoms with Gasteiger partial charge in [0.25, 0.3) is 11.8 Å². The smallest absolute Gasteiger partial charge is 0.257 e. The standard InChI is InChI=1S/C24H27N3O4/c1-3-29-20-11-10-19(16-21(20)30-4-2)24(28)27-14-12-17(13-15-27)22-25-23(31-26-22)18-8-6-5-7-9-18/h5-11,16-17H,3-4,12-15H2,1-2H3. The lowest BCUT2D eigenvalue weighted by Gasteiger charge is -2.30. The Hall–Kier alpha value is -3.35. The zero-order valence-corrected chi connectivity index (χ0v) is 17.9. The molecule has 162 valence electrons. The van der Waals surface area contributed by atoms with Crippen molar-refractivity contribution >= 4 is 5.91 Å². The minimum absolute atomic E-state index is 0.000498. The first-order valence-electron chi connectivity index (χ1n) is 10.8. The van der Waals surface area contributed by atoms with Crippen molar-refractivity contribution in [3.63, 3.8) is 0 Å². The van der Waals surface area contributed by atoms with Crippen LogP contribution in [-0.2, 0) is 0 Å². The van der Waals surface area contributed by atoms with Crippen molar-refractivity contribution in [2.24, 2.45) is 0 Å². The van der Waals surface area contributed by atoms with Crippen LogP contribution >= 0.6 is 0 Å². The van der Waals surface area contributed by atoms with Crippen molar-refractivity contribution in [3.05, 3.63) is 59.9 Å². The van der Waals surface area contributed by atoms with Crippen molar-refractivity contribution in [1.29, 1.82) is 0 Å². The van der Waals surface area contributed by atoms with Gasteiger partial charge >= 0.3 is 0 Å². The molecule has 0 unspecified atom stereocenters. The number of carbonyl (C=O) groups is 1. The molecule has 2 heterocycles. The van der Waals surface area contributed by atoms with Crippen LogP contribution in [-0.4, -0.2) is 47.3 Å².